The first-order chi connectivity index (χ1) is 12.7. The average molecular weight is 345 g/mol. The maximum absolute atomic E-state index is 12.2. The van der Waals surface area contributed by atoms with Gasteiger partial charge in [0, 0.05) is 24.5 Å². The lowest BCUT2D eigenvalue weighted by Crippen LogP contribution is -2.25. The van der Waals surface area contributed by atoms with E-state index in [0.717, 1.165) is 35.4 Å². The Morgan fingerprint density at radius 1 is 0.923 bits per heavy atom. The number of amides is 1. The monoisotopic (exact) mass is 345 g/mol. The maximum Gasteiger partial charge on any atom is 0.251 e. The van der Waals surface area contributed by atoms with Gasteiger partial charge in [0.2, 0.25) is 0 Å². The van der Waals surface area contributed by atoms with Crippen molar-refractivity contribution in [3.63, 3.8) is 0 Å². The summed E-state index contributed by atoms with van der Waals surface area (Å²) in [6.07, 6.45) is 5.31. The fourth-order valence-corrected chi connectivity index (χ4v) is 2.76. The molecule has 1 aromatic carbocycles. The van der Waals surface area contributed by atoms with Crippen LogP contribution in [0.5, 0.6) is 0 Å². The predicted molar refractivity (Wildman–Crippen MR) is 104 cm³/mol. The second-order valence-electron chi connectivity index (χ2n) is 6.32. The van der Waals surface area contributed by atoms with E-state index in [1.165, 1.54) is 5.56 Å². The van der Waals surface area contributed by atoms with Crippen molar-refractivity contribution in [2.45, 2.75) is 26.7 Å². The van der Waals surface area contributed by atoms with E-state index in [9.17, 15) is 4.79 Å². The predicted octanol–water partition coefficient (Wildman–Crippen LogP) is 3.99. The lowest BCUT2D eigenvalue weighted by atomic mass is 10.1. The zero-order chi connectivity index (χ0) is 18.4. The standard InChI is InChI=1S/C22H23N3O/c1-3-17-4-6-19(7-5-17)22(26)25-13-10-18-9-12-24-21(15-18)20-14-16(2)8-11-23-20/h4-9,11-12,14-15H,3,10,13H2,1-2H3,(H,25,26). The molecule has 2 heterocycles. The van der Waals surface area contributed by atoms with E-state index in [1.54, 1.807) is 12.4 Å². The fraction of sp³-hybridized carbons (Fsp3) is 0.227. The van der Waals surface area contributed by atoms with E-state index >= 15 is 0 Å². The van der Waals surface area contributed by atoms with Crippen LogP contribution < -0.4 is 5.32 Å². The van der Waals surface area contributed by atoms with Crippen molar-refractivity contribution in [1.82, 2.24) is 15.3 Å². The van der Waals surface area contributed by atoms with Gasteiger partial charge in [0.05, 0.1) is 11.4 Å². The minimum absolute atomic E-state index is 0.0396. The van der Waals surface area contributed by atoms with E-state index in [2.05, 4.69) is 22.2 Å². The highest BCUT2D eigenvalue weighted by molar-refractivity contribution is 5.94. The second-order valence-corrected chi connectivity index (χ2v) is 6.32. The highest BCUT2D eigenvalue weighted by Crippen LogP contribution is 2.16. The molecule has 0 spiro atoms. The van der Waals surface area contributed by atoms with Crippen molar-refractivity contribution >= 4 is 5.91 Å². The second kappa shape index (κ2) is 8.39. The number of aryl methyl sites for hydroxylation is 2. The van der Waals surface area contributed by atoms with E-state index < -0.39 is 0 Å². The first kappa shape index (κ1) is 17.8. The topological polar surface area (TPSA) is 54.9 Å². The van der Waals surface area contributed by atoms with Gasteiger partial charge >= 0.3 is 0 Å². The van der Waals surface area contributed by atoms with Crippen LogP contribution in [0.2, 0.25) is 0 Å². The SMILES string of the molecule is CCc1ccc(C(=O)NCCc2ccnc(-c3cc(C)ccn3)c2)cc1. The molecular weight excluding hydrogens is 322 g/mol. The van der Waals surface area contributed by atoms with Crippen molar-refractivity contribution in [2.75, 3.05) is 6.54 Å². The molecule has 132 valence electrons. The molecule has 1 amide bonds. The van der Waals surface area contributed by atoms with Crippen molar-refractivity contribution in [3.8, 4) is 11.4 Å². The van der Waals surface area contributed by atoms with Gasteiger partial charge in [0.25, 0.3) is 5.91 Å². The van der Waals surface area contributed by atoms with Gasteiger partial charge < -0.3 is 5.32 Å². The van der Waals surface area contributed by atoms with Crippen LogP contribution in [-0.4, -0.2) is 22.4 Å². The first-order valence-electron chi connectivity index (χ1n) is 8.91. The van der Waals surface area contributed by atoms with Gasteiger partial charge in [-0.25, -0.2) is 0 Å². The zero-order valence-electron chi connectivity index (χ0n) is 15.2. The molecule has 4 nitrogen and oxygen atoms in total. The average Bonchev–Trinajstić information content (AvgIpc) is 2.68. The minimum Gasteiger partial charge on any atom is -0.352 e. The van der Waals surface area contributed by atoms with E-state index in [-0.39, 0.29) is 5.91 Å². The molecule has 0 aliphatic rings. The molecule has 0 bridgehead atoms. The Morgan fingerprint density at radius 2 is 1.62 bits per heavy atom. The third-order valence-electron chi connectivity index (χ3n) is 4.33. The Bertz CT molecular complexity index is 888. The summed E-state index contributed by atoms with van der Waals surface area (Å²) in [4.78, 5) is 21.0. The summed E-state index contributed by atoms with van der Waals surface area (Å²) in [7, 11) is 0. The molecular formula is C22H23N3O. The lowest BCUT2D eigenvalue weighted by Gasteiger charge is -2.07. The quantitative estimate of drug-likeness (QED) is 0.735. The Morgan fingerprint density at radius 3 is 2.31 bits per heavy atom. The largest absolute Gasteiger partial charge is 0.352 e. The van der Waals surface area contributed by atoms with Crippen LogP contribution in [0.3, 0.4) is 0 Å². The van der Waals surface area contributed by atoms with Gasteiger partial charge in [-0.15, -0.1) is 0 Å². The van der Waals surface area contributed by atoms with Gasteiger partial charge in [-0.2, -0.15) is 0 Å². The summed E-state index contributed by atoms with van der Waals surface area (Å²) < 4.78 is 0. The molecule has 0 saturated carbocycles. The first-order valence-corrected chi connectivity index (χ1v) is 8.91. The third kappa shape index (κ3) is 4.54. The Balaban J connectivity index is 1.59. The maximum atomic E-state index is 12.2. The molecule has 0 unspecified atom stereocenters. The number of hydrogen-bond donors (Lipinski definition) is 1. The number of pyridine rings is 2. The number of nitrogens with one attached hydrogen (secondary N) is 1. The molecule has 1 N–H and O–H groups in total. The van der Waals surface area contributed by atoms with Crippen molar-refractivity contribution in [1.29, 1.82) is 0 Å². The Kier molecular flexibility index (Phi) is 5.74. The molecule has 0 radical (unpaired) electrons. The van der Waals surface area contributed by atoms with Crippen LogP contribution in [0.15, 0.2) is 60.9 Å². The van der Waals surface area contributed by atoms with Crippen molar-refractivity contribution < 1.29 is 4.79 Å². The van der Waals surface area contributed by atoms with Gasteiger partial charge in [-0.05, 0) is 72.9 Å². The molecule has 0 atom stereocenters. The molecule has 0 fully saturated rings. The number of nitrogens with zero attached hydrogens (tertiary/aromatic N) is 2. The summed E-state index contributed by atoms with van der Waals surface area (Å²) in [5, 5.41) is 2.98. The van der Waals surface area contributed by atoms with Crippen LogP contribution in [0.4, 0.5) is 0 Å². The Hall–Kier alpha value is -3.01. The normalized spacial score (nSPS) is 10.5. The van der Waals surface area contributed by atoms with Gasteiger partial charge in [-0.1, -0.05) is 19.1 Å². The summed E-state index contributed by atoms with van der Waals surface area (Å²) in [5.41, 5.74) is 5.93. The molecule has 3 rings (SSSR count). The summed E-state index contributed by atoms with van der Waals surface area (Å²) >= 11 is 0. The van der Waals surface area contributed by atoms with Crippen LogP contribution in [0.1, 0.15) is 34.0 Å². The molecule has 2 aromatic heterocycles. The smallest absolute Gasteiger partial charge is 0.251 e. The lowest BCUT2D eigenvalue weighted by molar-refractivity contribution is 0.0954. The molecule has 4 heteroatoms. The highest BCUT2D eigenvalue weighted by atomic mass is 16.1. The van der Waals surface area contributed by atoms with E-state index in [0.29, 0.717) is 12.1 Å². The molecule has 0 aliphatic carbocycles. The summed E-state index contributed by atoms with van der Waals surface area (Å²) in [6, 6.07) is 15.7. The van der Waals surface area contributed by atoms with Crippen molar-refractivity contribution in [2.24, 2.45) is 0 Å². The number of rotatable bonds is 6. The van der Waals surface area contributed by atoms with Gasteiger partial charge in [0.15, 0.2) is 0 Å². The molecule has 26 heavy (non-hydrogen) atoms. The summed E-state index contributed by atoms with van der Waals surface area (Å²) in [6.45, 7) is 4.72. The van der Waals surface area contributed by atoms with Gasteiger partial charge in [-0.3, -0.25) is 14.8 Å². The van der Waals surface area contributed by atoms with E-state index in [4.69, 9.17) is 0 Å². The molecule has 3 aromatic rings. The van der Waals surface area contributed by atoms with Crippen LogP contribution in [0.25, 0.3) is 11.4 Å². The minimum atomic E-state index is -0.0396. The number of carbonyl (C=O) groups is 1. The fourth-order valence-electron chi connectivity index (χ4n) is 2.76. The van der Waals surface area contributed by atoms with Crippen LogP contribution >= 0.6 is 0 Å². The van der Waals surface area contributed by atoms with Crippen LogP contribution in [0, 0.1) is 6.92 Å². The number of carbonyl (C=O) groups excluding carboxylic acids is 1. The van der Waals surface area contributed by atoms with Gasteiger partial charge in [0.1, 0.15) is 0 Å². The number of hydrogen-bond acceptors (Lipinski definition) is 3. The van der Waals surface area contributed by atoms with Crippen molar-refractivity contribution in [3.05, 3.63) is 83.2 Å². The number of benzene rings is 1. The summed E-state index contributed by atoms with van der Waals surface area (Å²) in [5.74, 6) is -0.0396. The molecule has 0 aliphatic heterocycles. The molecule has 0 saturated heterocycles. The van der Waals surface area contributed by atoms with E-state index in [1.807, 2.05) is 55.5 Å². The zero-order valence-corrected chi connectivity index (χ0v) is 15.2. The highest BCUT2D eigenvalue weighted by Gasteiger charge is 2.06. The van der Waals surface area contributed by atoms with Crippen LogP contribution in [-0.2, 0) is 12.8 Å². The third-order valence-corrected chi connectivity index (χ3v) is 4.33. The Labute approximate surface area is 154 Å². The number of aromatic nitrogens is 2.